The van der Waals surface area contributed by atoms with E-state index in [-0.39, 0.29) is 52.3 Å². The number of Topliss-reactive ketones (excluding diaryl/α,β-unsaturated/α-hetero) is 1. The number of carbonyl (C=O) groups is 5. The van der Waals surface area contributed by atoms with Gasteiger partial charge in [0.15, 0.2) is 5.78 Å². The highest BCUT2D eigenvalue weighted by Crippen LogP contribution is 2.40. The number of rotatable bonds is 10. The minimum Gasteiger partial charge on any atom is -0.507 e. The molecule has 2 aromatic rings. The molecule has 252 valence electrons. The number of amides is 1. The first-order chi connectivity index (χ1) is 22.1. The number of phenolic OH excluding ortho intramolecular Hbond substituents is 1. The first-order valence-electron chi connectivity index (χ1n) is 15.8. The highest BCUT2D eigenvalue weighted by molar-refractivity contribution is 6.30. The highest BCUT2D eigenvalue weighted by Gasteiger charge is 2.46. The van der Waals surface area contributed by atoms with Gasteiger partial charge in [0.2, 0.25) is 5.78 Å². The Labute approximate surface area is 273 Å². The smallest absolute Gasteiger partial charge is 0.302 e. The molecule has 0 radical (unpaired) electrons. The Morgan fingerprint density at radius 2 is 1.79 bits per heavy atom. The van der Waals surface area contributed by atoms with Crippen molar-refractivity contribution >= 4 is 40.7 Å². The number of allylic oxidation sites excluding steroid dienone is 4. The molecule has 1 amide bonds. The fraction of sp³-hybridized carbons (Fsp3) is 0.472. The quantitative estimate of drug-likeness (QED) is 0.140. The van der Waals surface area contributed by atoms with Crippen LogP contribution in [-0.2, 0) is 23.9 Å². The van der Waals surface area contributed by atoms with Crippen LogP contribution in [0.2, 0.25) is 0 Å². The number of carbonyl (C=O) groups excluding carboxylic acids is 5. The molecule has 0 spiro atoms. The molecule has 1 fully saturated rings. The topological polar surface area (TPSA) is 169 Å². The molecule has 1 aliphatic carbocycles. The molecular formula is C36H43NO10. The number of aliphatic hydroxyl groups is 1. The van der Waals surface area contributed by atoms with Gasteiger partial charge in [-0.3, -0.25) is 19.2 Å². The monoisotopic (exact) mass is 649 g/mol. The summed E-state index contributed by atoms with van der Waals surface area (Å²) >= 11 is 0. The van der Waals surface area contributed by atoms with Crippen molar-refractivity contribution in [3.05, 3.63) is 64.1 Å². The number of aromatic hydroxyl groups is 1. The second-order valence-electron chi connectivity index (χ2n) is 12.8. The molecule has 2 heterocycles. The Hall–Kier alpha value is -4.35. The number of esters is 1. The summed E-state index contributed by atoms with van der Waals surface area (Å²) in [5, 5.41) is 24.9. The maximum Gasteiger partial charge on any atom is 0.302 e. The third-order valence-electron chi connectivity index (χ3n) is 9.37. The fourth-order valence-electron chi connectivity index (χ4n) is 6.66. The Morgan fingerprint density at radius 3 is 2.43 bits per heavy atom. The predicted octanol–water partition coefficient (Wildman–Crippen LogP) is 4.83. The molecule has 1 aromatic carbocycles. The number of nitrogens with one attached hydrogen (secondary N) is 1. The SMILES string of the molecule is CC(=O)OC1C(C)C(CC=O)OC(C(C)C(O)C(C)C=CC=C(C)C(=O)NC2=CC(=O)c3c(c(O)c(C)c4oc(C)cc34)C2=O)C1C. The van der Waals surface area contributed by atoms with E-state index in [1.54, 1.807) is 32.1 Å². The molecule has 8 atom stereocenters. The molecule has 3 N–H and O–H groups in total. The lowest BCUT2D eigenvalue weighted by molar-refractivity contribution is -0.206. The Bertz CT molecular complexity index is 1690. The van der Waals surface area contributed by atoms with Gasteiger partial charge in [-0.15, -0.1) is 0 Å². The van der Waals surface area contributed by atoms with Gasteiger partial charge in [0, 0.05) is 65.2 Å². The number of hydrogen-bond donors (Lipinski definition) is 3. The van der Waals surface area contributed by atoms with E-state index in [1.165, 1.54) is 19.9 Å². The van der Waals surface area contributed by atoms with Crippen molar-refractivity contribution in [1.82, 2.24) is 5.32 Å². The van der Waals surface area contributed by atoms with Gasteiger partial charge in [-0.05, 0) is 26.8 Å². The number of aldehydes is 1. The lowest BCUT2D eigenvalue weighted by Crippen LogP contribution is -2.54. The second kappa shape index (κ2) is 14.2. The molecule has 0 saturated carbocycles. The molecule has 1 aliphatic heterocycles. The minimum absolute atomic E-state index is 0.0311. The van der Waals surface area contributed by atoms with Gasteiger partial charge in [-0.1, -0.05) is 45.9 Å². The van der Waals surface area contributed by atoms with Crippen LogP contribution >= 0.6 is 0 Å². The predicted molar refractivity (Wildman–Crippen MR) is 173 cm³/mol. The third kappa shape index (κ3) is 7.01. The summed E-state index contributed by atoms with van der Waals surface area (Å²) in [6.07, 6.45) is 4.54. The fourth-order valence-corrected chi connectivity index (χ4v) is 6.66. The van der Waals surface area contributed by atoms with Gasteiger partial charge in [0.25, 0.3) is 5.91 Å². The number of ether oxygens (including phenoxy) is 2. The van der Waals surface area contributed by atoms with E-state index in [2.05, 4.69) is 5.32 Å². The maximum atomic E-state index is 13.3. The van der Waals surface area contributed by atoms with Crippen LogP contribution in [0.5, 0.6) is 5.75 Å². The molecule has 47 heavy (non-hydrogen) atoms. The Kier molecular flexibility index (Phi) is 10.7. The van der Waals surface area contributed by atoms with E-state index >= 15 is 0 Å². The summed E-state index contributed by atoms with van der Waals surface area (Å²) in [5.74, 6) is -3.35. The van der Waals surface area contributed by atoms with Crippen molar-refractivity contribution in [1.29, 1.82) is 0 Å². The number of benzene rings is 1. The van der Waals surface area contributed by atoms with Crippen LogP contribution in [0.4, 0.5) is 0 Å². The van der Waals surface area contributed by atoms with Crippen molar-refractivity contribution in [2.24, 2.45) is 23.7 Å². The standard InChI is InChI=1S/C36H43NO10/c1-16(30(41)20(5)34-22(7)33(46-23(8)39)19(4)27(47-34)12-13-38)10-9-11-17(2)36(44)37-25-15-26(40)28-24-14-18(3)45-35(24)21(6)31(42)29(28)32(25)43/h9-11,13-16,19-20,22,27,30,33-34,41-42H,12H2,1-8H3,(H,37,44). The lowest BCUT2D eigenvalue weighted by atomic mass is 9.75. The zero-order valence-electron chi connectivity index (χ0n) is 28.0. The van der Waals surface area contributed by atoms with Crippen LogP contribution in [-0.4, -0.2) is 64.4 Å². The normalized spacial score (nSPS) is 25.3. The van der Waals surface area contributed by atoms with Gasteiger partial charge in [-0.2, -0.15) is 0 Å². The molecule has 0 bridgehead atoms. The van der Waals surface area contributed by atoms with Crippen LogP contribution in [0.15, 0.2) is 46.1 Å². The number of fused-ring (bicyclic) bond motifs is 3. The summed E-state index contributed by atoms with van der Waals surface area (Å²) in [6, 6.07) is 1.63. The third-order valence-corrected chi connectivity index (χ3v) is 9.37. The Balaban J connectivity index is 1.44. The summed E-state index contributed by atoms with van der Waals surface area (Å²) in [7, 11) is 0. The van der Waals surface area contributed by atoms with Gasteiger partial charge < -0.3 is 34.2 Å². The second-order valence-corrected chi connectivity index (χ2v) is 12.8. The van der Waals surface area contributed by atoms with Crippen LogP contribution in [0.1, 0.15) is 80.0 Å². The lowest BCUT2D eigenvalue weighted by Gasteiger charge is -2.47. The van der Waals surface area contributed by atoms with Gasteiger partial charge in [0.1, 0.15) is 29.5 Å². The van der Waals surface area contributed by atoms with E-state index in [0.29, 0.717) is 22.3 Å². The van der Waals surface area contributed by atoms with Crippen LogP contribution < -0.4 is 5.32 Å². The maximum absolute atomic E-state index is 13.3. The van der Waals surface area contributed by atoms with E-state index < -0.39 is 53.8 Å². The zero-order valence-corrected chi connectivity index (χ0v) is 28.0. The zero-order chi connectivity index (χ0) is 34.9. The summed E-state index contributed by atoms with van der Waals surface area (Å²) < 4.78 is 17.5. The van der Waals surface area contributed by atoms with Gasteiger partial charge in [-0.25, -0.2) is 0 Å². The minimum atomic E-state index is -0.873. The van der Waals surface area contributed by atoms with E-state index in [9.17, 15) is 34.2 Å². The number of furan rings is 1. The summed E-state index contributed by atoms with van der Waals surface area (Å²) in [6.45, 7) is 13.6. The van der Waals surface area contributed by atoms with Crippen LogP contribution in [0.25, 0.3) is 11.0 Å². The number of hydrogen-bond acceptors (Lipinski definition) is 10. The molecule has 8 unspecified atom stereocenters. The van der Waals surface area contributed by atoms with Crippen molar-refractivity contribution in [2.45, 2.75) is 86.2 Å². The molecule has 4 rings (SSSR count). The molecule has 11 nitrogen and oxygen atoms in total. The summed E-state index contributed by atoms with van der Waals surface area (Å²) in [5.41, 5.74) is 0.457. The first kappa shape index (κ1) is 35.5. The molecule has 2 aliphatic rings. The van der Waals surface area contributed by atoms with E-state index in [0.717, 1.165) is 12.4 Å². The van der Waals surface area contributed by atoms with Crippen molar-refractivity contribution in [2.75, 3.05) is 0 Å². The number of ketones is 2. The Morgan fingerprint density at radius 1 is 1.11 bits per heavy atom. The van der Waals surface area contributed by atoms with Crippen molar-refractivity contribution < 1.29 is 48.1 Å². The molecular weight excluding hydrogens is 606 g/mol. The molecule has 11 heteroatoms. The average molecular weight is 650 g/mol. The van der Waals surface area contributed by atoms with Crippen LogP contribution in [0.3, 0.4) is 0 Å². The largest absolute Gasteiger partial charge is 0.507 e. The average Bonchev–Trinajstić information content (AvgIpc) is 3.41. The number of aliphatic hydroxyl groups excluding tert-OH is 1. The van der Waals surface area contributed by atoms with Crippen LogP contribution in [0, 0.1) is 37.5 Å². The number of phenols is 1. The first-order valence-corrected chi connectivity index (χ1v) is 15.8. The molecule has 1 aromatic heterocycles. The van der Waals surface area contributed by atoms with E-state index in [4.69, 9.17) is 13.9 Å². The highest BCUT2D eigenvalue weighted by atomic mass is 16.6. The van der Waals surface area contributed by atoms with Crippen molar-refractivity contribution in [3.63, 3.8) is 0 Å². The van der Waals surface area contributed by atoms with Gasteiger partial charge in [0.05, 0.1) is 29.6 Å². The van der Waals surface area contributed by atoms with Gasteiger partial charge >= 0.3 is 5.97 Å². The number of aryl methyl sites for hydroxylation is 2. The van der Waals surface area contributed by atoms with Crippen molar-refractivity contribution in [3.8, 4) is 5.75 Å². The molecule has 1 saturated heterocycles. The summed E-state index contributed by atoms with van der Waals surface area (Å²) in [4.78, 5) is 62.5. The van der Waals surface area contributed by atoms with E-state index in [1.807, 2.05) is 27.7 Å².